The summed E-state index contributed by atoms with van der Waals surface area (Å²) in [5.41, 5.74) is 0.265. The average Bonchev–Trinajstić information content (AvgIpc) is 1.84. The van der Waals surface area contributed by atoms with Crippen LogP contribution in [-0.4, -0.2) is 11.7 Å². The summed E-state index contributed by atoms with van der Waals surface area (Å²) in [7, 11) is 0. The van der Waals surface area contributed by atoms with Gasteiger partial charge in [0.2, 0.25) is 0 Å². The highest BCUT2D eigenvalue weighted by Gasteiger charge is 2.13. The Morgan fingerprint density at radius 1 is 1.40 bits per heavy atom. The summed E-state index contributed by atoms with van der Waals surface area (Å²) in [5.74, 6) is 0. The van der Waals surface area contributed by atoms with Crippen LogP contribution in [0.15, 0.2) is 12.2 Å². The number of aliphatic hydroxyl groups excluding tert-OH is 1. The molecule has 1 N–H and O–H groups in total. The highest BCUT2D eigenvalue weighted by Crippen LogP contribution is 2.24. The fourth-order valence-electron chi connectivity index (χ4n) is 0.842. The Morgan fingerprint density at radius 3 is 2.40 bits per heavy atom. The molecule has 0 rings (SSSR count). The molecule has 0 heterocycles. The van der Waals surface area contributed by atoms with Gasteiger partial charge >= 0.3 is 0 Å². The maximum absolute atomic E-state index is 8.68. The zero-order valence-electron chi connectivity index (χ0n) is 7.22. The van der Waals surface area contributed by atoms with Crippen LogP contribution >= 0.6 is 0 Å². The van der Waals surface area contributed by atoms with Gasteiger partial charge in [0.15, 0.2) is 0 Å². The number of aliphatic hydroxyl groups is 1. The van der Waals surface area contributed by atoms with Crippen LogP contribution in [0.25, 0.3) is 0 Å². The lowest BCUT2D eigenvalue weighted by molar-refractivity contribution is 0.213. The van der Waals surface area contributed by atoms with Crippen molar-refractivity contribution in [2.75, 3.05) is 6.61 Å². The SMILES string of the molecule is C/C=C/CC(C)(C)CCO. The quantitative estimate of drug-likeness (QED) is 0.597. The molecule has 0 saturated carbocycles. The summed E-state index contributed by atoms with van der Waals surface area (Å²) in [6.07, 6.45) is 6.15. The fraction of sp³-hybridized carbons (Fsp3) is 0.778. The minimum atomic E-state index is 0.265. The molecule has 0 unspecified atom stereocenters. The minimum Gasteiger partial charge on any atom is -0.396 e. The van der Waals surface area contributed by atoms with E-state index < -0.39 is 0 Å². The largest absolute Gasteiger partial charge is 0.396 e. The summed E-state index contributed by atoms with van der Waals surface area (Å²) < 4.78 is 0. The Bertz CT molecular complexity index is 103. The lowest BCUT2D eigenvalue weighted by Crippen LogP contribution is -2.11. The van der Waals surface area contributed by atoms with E-state index in [4.69, 9.17) is 5.11 Å². The highest BCUT2D eigenvalue weighted by atomic mass is 16.3. The second-order valence-corrected chi connectivity index (χ2v) is 3.41. The first-order chi connectivity index (χ1) is 4.62. The van der Waals surface area contributed by atoms with Crippen molar-refractivity contribution in [3.05, 3.63) is 12.2 Å². The molecule has 0 fully saturated rings. The third-order valence-corrected chi connectivity index (χ3v) is 1.69. The average molecular weight is 142 g/mol. The Morgan fingerprint density at radius 2 is 2.00 bits per heavy atom. The molecule has 0 aliphatic heterocycles. The lowest BCUT2D eigenvalue weighted by Gasteiger charge is -2.20. The molecule has 0 radical (unpaired) electrons. The van der Waals surface area contributed by atoms with Gasteiger partial charge in [-0.3, -0.25) is 0 Å². The molecule has 1 nitrogen and oxygen atoms in total. The first kappa shape index (κ1) is 9.70. The van der Waals surface area contributed by atoms with Crippen molar-refractivity contribution < 1.29 is 5.11 Å². The Hall–Kier alpha value is -0.300. The summed E-state index contributed by atoms with van der Waals surface area (Å²) in [5, 5.41) is 8.68. The topological polar surface area (TPSA) is 20.2 Å². The van der Waals surface area contributed by atoms with Crippen LogP contribution in [-0.2, 0) is 0 Å². The van der Waals surface area contributed by atoms with Gasteiger partial charge in [0.1, 0.15) is 0 Å². The van der Waals surface area contributed by atoms with Crippen molar-refractivity contribution in [3.63, 3.8) is 0 Å². The third kappa shape index (κ3) is 4.57. The zero-order chi connectivity index (χ0) is 8.04. The van der Waals surface area contributed by atoms with Crippen molar-refractivity contribution in [3.8, 4) is 0 Å². The summed E-state index contributed by atoms with van der Waals surface area (Å²) in [6.45, 7) is 6.66. The van der Waals surface area contributed by atoms with E-state index in [1.807, 2.05) is 6.92 Å². The molecule has 0 amide bonds. The first-order valence-electron chi connectivity index (χ1n) is 3.84. The normalized spacial score (nSPS) is 12.8. The van der Waals surface area contributed by atoms with Crippen molar-refractivity contribution >= 4 is 0 Å². The Balaban J connectivity index is 3.62. The van der Waals surface area contributed by atoms with Gasteiger partial charge < -0.3 is 5.11 Å². The predicted molar refractivity (Wildman–Crippen MR) is 44.9 cm³/mol. The van der Waals surface area contributed by atoms with E-state index in [9.17, 15) is 0 Å². The fourth-order valence-corrected chi connectivity index (χ4v) is 0.842. The van der Waals surface area contributed by atoms with Crippen LogP contribution in [0.3, 0.4) is 0 Å². The monoisotopic (exact) mass is 142 g/mol. The van der Waals surface area contributed by atoms with Crippen molar-refractivity contribution in [2.45, 2.75) is 33.6 Å². The van der Waals surface area contributed by atoms with Crippen molar-refractivity contribution in [2.24, 2.45) is 5.41 Å². The van der Waals surface area contributed by atoms with Gasteiger partial charge in [-0.2, -0.15) is 0 Å². The molecule has 0 aliphatic rings. The third-order valence-electron chi connectivity index (χ3n) is 1.69. The summed E-state index contributed by atoms with van der Waals surface area (Å²) in [4.78, 5) is 0. The highest BCUT2D eigenvalue weighted by molar-refractivity contribution is 4.84. The van der Waals surface area contributed by atoms with Gasteiger partial charge in [-0.1, -0.05) is 26.0 Å². The second-order valence-electron chi connectivity index (χ2n) is 3.41. The molecular formula is C9H18O. The van der Waals surface area contributed by atoms with Crippen LogP contribution in [0, 0.1) is 5.41 Å². The lowest BCUT2D eigenvalue weighted by atomic mass is 9.86. The number of allylic oxidation sites excluding steroid dienone is 2. The molecule has 0 aromatic heterocycles. The van der Waals surface area contributed by atoms with E-state index >= 15 is 0 Å². The molecule has 10 heavy (non-hydrogen) atoms. The van der Waals surface area contributed by atoms with E-state index in [0.29, 0.717) is 6.61 Å². The molecule has 0 aliphatic carbocycles. The molecule has 0 bridgehead atoms. The van der Waals surface area contributed by atoms with E-state index in [0.717, 1.165) is 12.8 Å². The van der Waals surface area contributed by atoms with Crippen molar-refractivity contribution in [1.82, 2.24) is 0 Å². The number of hydrogen-bond acceptors (Lipinski definition) is 1. The molecule has 0 spiro atoms. The Labute approximate surface area is 63.8 Å². The first-order valence-corrected chi connectivity index (χ1v) is 3.84. The molecule has 1 heteroatoms. The van der Waals surface area contributed by atoms with E-state index in [2.05, 4.69) is 26.0 Å². The zero-order valence-corrected chi connectivity index (χ0v) is 7.22. The summed E-state index contributed by atoms with van der Waals surface area (Å²) >= 11 is 0. The molecule has 0 saturated heterocycles. The maximum Gasteiger partial charge on any atom is 0.0436 e. The smallest absolute Gasteiger partial charge is 0.0436 e. The van der Waals surface area contributed by atoms with Crippen LogP contribution in [0.4, 0.5) is 0 Å². The second kappa shape index (κ2) is 4.51. The summed E-state index contributed by atoms with van der Waals surface area (Å²) in [6, 6.07) is 0. The van der Waals surface area contributed by atoms with Crippen LogP contribution < -0.4 is 0 Å². The Kier molecular flexibility index (Phi) is 4.37. The number of rotatable bonds is 4. The van der Waals surface area contributed by atoms with Crippen LogP contribution in [0.2, 0.25) is 0 Å². The van der Waals surface area contributed by atoms with E-state index in [1.54, 1.807) is 0 Å². The van der Waals surface area contributed by atoms with Crippen molar-refractivity contribution in [1.29, 1.82) is 0 Å². The van der Waals surface area contributed by atoms with Gasteiger partial charge in [-0.05, 0) is 25.2 Å². The molecule has 0 aromatic carbocycles. The standard InChI is InChI=1S/C9H18O/c1-4-5-6-9(2,3)7-8-10/h4-5,10H,6-8H2,1-3H3/b5-4+. The molecule has 0 aromatic rings. The molecule has 0 atom stereocenters. The van der Waals surface area contributed by atoms with Crippen LogP contribution in [0.1, 0.15) is 33.6 Å². The molecule has 60 valence electrons. The van der Waals surface area contributed by atoms with Gasteiger partial charge in [-0.25, -0.2) is 0 Å². The van der Waals surface area contributed by atoms with Gasteiger partial charge in [0.25, 0.3) is 0 Å². The van der Waals surface area contributed by atoms with Crippen LogP contribution in [0.5, 0.6) is 0 Å². The molecular weight excluding hydrogens is 124 g/mol. The van der Waals surface area contributed by atoms with Gasteiger partial charge in [0.05, 0.1) is 0 Å². The predicted octanol–water partition coefficient (Wildman–Crippen LogP) is 2.36. The maximum atomic E-state index is 8.68. The number of hydrogen-bond donors (Lipinski definition) is 1. The van der Waals surface area contributed by atoms with E-state index in [1.165, 1.54) is 0 Å². The van der Waals surface area contributed by atoms with Gasteiger partial charge in [0, 0.05) is 6.61 Å². The van der Waals surface area contributed by atoms with E-state index in [-0.39, 0.29) is 5.41 Å². The minimum absolute atomic E-state index is 0.265. The van der Waals surface area contributed by atoms with Gasteiger partial charge in [-0.15, -0.1) is 0 Å².